The second-order valence-electron chi connectivity index (χ2n) is 4.65. The lowest BCUT2D eigenvalue weighted by Crippen LogP contribution is -2.13. The average Bonchev–Trinajstić information content (AvgIpc) is 2.45. The van der Waals surface area contributed by atoms with E-state index in [0.29, 0.717) is 12.1 Å². The second kappa shape index (κ2) is 5.64. The average molecular weight is 320 g/mol. The number of alkyl halides is 6. The Morgan fingerprint density at radius 3 is 1.55 bits per heavy atom. The molecule has 0 aromatic heterocycles. The molecule has 2 rings (SSSR count). The standard InChI is InChI=1S/C15H10F6O/c16-14(17,18)11-6-10(7-12(8-11)15(19,20)21)13(22)9-4-2-1-3-5-9/h1-8,13,22H/t13-/m0/s1. The van der Waals surface area contributed by atoms with Crippen LogP contribution >= 0.6 is 0 Å². The Morgan fingerprint density at radius 1 is 0.682 bits per heavy atom. The number of rotatable bonds is 2. The van der Waals surface area contributed by atoms with E-state index in [1.807, 2.05) is 0 Å². The summed E-state index contributed by atoms with van der Waals surface area (Å²) in [7, 11) is 0. The molecular formula is C15H10F6O. The van der Waals surface area contributed by atoms with Gasteiger partial charge in [0.25, 0.3) is 0 Å². The van der Waals surface area contributed by atoms with Crippen LogP contribution in [0.5, 0.6) is 0 Å². The summed E-state index contributed by atoms with van der Waals surface area (Å²) in [5, 5.41) is 10.0. The van der Waals surface area contributed by atoms with Gasteiger partial charge in [0.2, 0.25) is 0 Å². The van der Waals surface area contributed by atoms with E-state index in [4.69, 9.17) is 0 Å². The zero-order valence-electron chi connectivity index (χ0n) is 10.9. The SMILES string of the molecule is O[C@@H](c1ccccc1)c1cc(C(F)(F)F)cc(C(F)(F)F)c1. The first-order valence-corrected chi connectivity index (χ1v) is 6.11. The van der Waals surface area contributed by atoms with Crippen molar-refractivity contribution in [3.63, 3.8) is 0 Å². The maximum absolute atomic E-state index is 12.8. The molecule has 0 amide bonds. The number of halogens is 6. The molecule has 0 bridgehead atoms. The predicted molar refractivity (Wildman–Crippen MR) is 66.9 cm³/mol. The highest BCUT2D eigenvalue weighted by Crippen LogP contribution is 2.38. The molecule has 2 aromatic rings. The summed E-state index contributed by atoms with van der Waals surface area (Å²) < 4.78 is 76.5. The summed E-state index contributed by atoms with van der Waals surface area (Å²) >= 11 is 0. The van der Waals surface area contributed by atoms with Gasteiger partial charge in [0.15, 0.2) is 0 Å². The summed E-state index contributed by atoms with van der Waals surface area (Å²) in [6.07, 6.45) is -11.5. The number of hydrogen-bond donors (Lipinski definition) is 1. The third-order valence-electron chi connectivity index (χ3n) is 3.04. The fraction of sp³-hybridized carbons (Fsp3) is 0.200. The lowest BCUT2D eigenvalue weighted by Gasteiger charge is -2.17. The minimum atomic E-state index is -4.94. The Labute approximate surface area is 121 Å². The van der Waals surface area contributed by atoms with Crippen LogP contribution in [0.4, 0.5) is 26.3 Å². The van der Waals surface area contributed by atoms with Crippen LogP contribution in [0.2, 0.25) is 0 Å². The molecule has 0 saturated carbocycles. The quantitative estimate of drug-likeness (QED) is 0.788. The van der Waals surface area contributed by atoms with Crippen LogP contribution in [0.15, 0.2) is 48.5 Å². The monoisotopic (exact) mass is 320 g/mol. The predicted octanol–water partition coefficient (Wildman–Crippen LogP) is 4.81. The normalized spacial score (nSPS) is 14.0. The van der Waals surface area contributed by atoms with Gasteiger partial charge in [-0.1, -0.05) is 30.3 Å². The molecule has 0 radical (unpaired) electrons. The number of benzene rings is 2. The van der Waals surface area contributed by atoms with Gasteiger partial charge in [-0.25, -0.2) is 0 Å². The molecule has 1 atom stereocenters. The van der Waals surface area contributed by atoms with Crippen molar-refractivity contribution in [3.05, 3.63) is 70.8 Å². The van der Waals surface area contributed by atoms with Crippen LogP contribution < -0.4 is 0 Å². The fourth-order valence-corrected chi connectivity index (χ4v) is 1.96. The van der Waals surface area contributed by atoms with Crippen molar-refractivity contribution in [1.82, 2.24) is 0 Å². The second-order valence-corrected chi connectivity index (χ2v) is 4.65. The Balaban J connectivity index is 2.56. The highest BCUT2D eigenvalue weighted by Gasteiger charge is 2.37. The zero-order chi connectivity index (χ0) is 16.5. The Hall–Kier alpha value is -2.02. The Morgan fingerprint density at radius 2 is 1.14 bits per heavy atom. The molecule has 1 N–H and O–H groups in total. The molecule has 0 saturated heterocycles. The molecular weight excluding hydrogens is 310 g/mol. The maximum atomic E-state index is 12.8. The van der Waals surface area contributed by atoms with E-state index in [0.717, 1.165) is 0 Å². The molecule has 0 heterocycles. The third kappa shape index (κ3) is 3.59. The van der Waals surface area contributed by atoms with Crippen LogP contribution in [0.25, 0.3) is 0 Å². The first-order chi connectivity index (χ1) is 10.1. The van der Waals surface area contributed by atoms with E-state index in [1.54, 1.807) is 6.07 Å². The first kappa shape index (κ1) is 16.4. The smallest absolute Gasteiger partial charge is 0.384 e. The lowest BCUT2D eigenvalue weighted by molar-refractivity contribution is -0.143. The van der Waals surface area contributed by atoms with Gasteiger partial charge >= 0.3 is 12.4 Å². The minimum Gasteiger partial charge on any atom is -0.384 e. The minimum absolute atomic E-state index is 0.0290. The van der Waals surface area contributed by atoms with Gasteiger partial charge in [-0.15, -0.1) is 0 Å². The highest BCUT2D eigenvalue weighted by molar-refractivity contribution is 5.38. The maximum Gasteiger partial charge on any atom is 0.416 e. The van der Waals surface area contributed by atoms with Crippen molar-refractivity contribution < 1.29 is 31.4 Å². The zero-order valence-corrected chi connectivity index (χ0v) is 10.9. The van der Waals surface area contributed by atoms with Crippen LogP contribution in [0.1, 0.15) is 28.4 Å². The lowest BCUT2D eigenvalue weighted by atomic mass is 9.97. The molecule has 0 unspecified atom stereocenters. The van der Waals surface area contributed by atoms with Crippen molar-refractivity contribution >= 4 is 0 Å². The fourth-order valence-electron chi connectivity index (χ4n) is 1.96. The van der Waals surface area contributed by atoms with Gasteiger partial charge in [0.1, 0.15) is 6.10 Å². The van der Waals surface area contributed by atoms with E-state index in [9.17, 15) is 31.4 Å². The van der Waals surface area contributed by atoms with E-state index >= 15 is 0 Å². The Bertz CT molecular complexity index is 613. The molecule has 0 aliphatic heterocycles. The van der Waals surface area contributed by atoms with Gasteiger partial charge < -0.3 is 5.11 Å². The van der Waals surface area contributed by atoms with Gasteiger partial charge in [0, 0.05) is 0 Å². The van der Waals surface area contributed by atoms with Crippen molar-refractivity contribution in [2.45, 2.75) is 18.5 Å². The van der Waals surface area contributed by atoms with Crippen molar-refractivity contribution in [2.24, 2.45) is 0 Å². The molecule has 0 aliphatic rings. The summed E-state index contributed by atoms with van der Waals surface area (Å²) in [5.74, 6) is 0. The molecule has 7 heteroatoms. The topological polar surface area (TPSA) is 20.2 Å². The van der Waals surface area contributed by atoms with Crippen molar-refractivity contribution in [2.75, 3.05) is 0 Å². The summed E-state index contributed by atoms with van der Waals surface area (Å²) in [6.45, 7) is 0. The summed E-state index contributed by atoms with van der Waals surface area (Å²) in [6, 6.07) is 8.56. The third-order valence-corrected chi connectivity index (χ3v) is 3.04. The van der Waals surface area contributed by atoms with Crippen LogP contribution in [0, 0.1) is 0 Å². The molecule has 2 aromatic carbocycles. The molecule has 0 fully saturated rings. The molecule has 118 valence electrons. The summed E-state index contributed by atoms with van der Waals surface area (Å²) in [5.41, 5.74) is -3.16. The van der Waals surface area contributed by atoms with Crippen LogP contribution in [-0.2, 0) is 12.4 Å². The summed E-state index contributed by atoms with van der Waals surface area (Å²) in [4.78, 5) is 0. The van der Waals surface area contributed by atoms with Gasteiger partial charge in [0.05, 0.1) is 11.1 Å². The van der Waals surface area contributed by atoms with E-state index < -0.39 is 35.1 Å². The highest BCUT2D eigenvalue weighted by atomic mass is 19.4. The van der Waals surface area contributed by atoms with Gasteiger partial charge in [-0.3, -0.25) is 0 Å². The Kier molecular flexibility index (Phi) is 4.19. The number of aliphatic hydroxyl groups is 1. The van der Waals surface area contributed by atoms with Crippen molar-refractivity contribution in [1.29, 1.82) is 0 Å². The first-order valence-electron chi connectivity index (χ1n) is 6.11. The van der Waals surface area contributed by atoms with Crippen molar-refractivity contribution in [3.8, 4) is 0 Å². The van der Waals surface area contributed by atoms with Gasteiger partial charge in [-0.05, 0) is 29.3 Å². The van der Waals surface area contributed by atoms with Crippen LogP contribution in [0.3, 0.4) is 0 Å². The number of aliphatic hydroxyl groups excluding tert-OH is 1. The largest absolute Gasteiger partial charge is 0.416 e. The molecule has 0 spiro atoms. The molecule has 1 nitrogen and oxygen atoms in total. The number of hydrogen-bond acceptors (Lipinski definition) is 1. The van der Waals surface area contributed by atoms with E-state index in [-0.39, 0.29) is 11.6 Å². The van der Waals surface area contributed by atoms with E-state index in [2.05, 4.69) is 0 Å². The van der Waals surface area contributed by atoms with Gasteiger partial charge in [-0.2, -0.15) is 26.3 Å². The van der Waals surface area contributed by atoms with E-state index in [1.165, 1.54) is 24.3 Å². The molecule has 22 heavy (non-hydrogen) atoms. The van der Waals surface area contributed by atoms with Crippen LogP contribution in [-0.4, -0.2) is 5.11 Å². The molecule has 0 aliphatic carbocycles.